The highest BCUT2D eigenvalue weighted by Crippen LogP contribution is 2.30. The highest BCUT2D eigenvalue weighted by Gasteiger charge is 2.16. The van der Waals surface area contributed by atoms with Crippen molar-refractivity contribution >= 4 is 46.2 Å². The predicted molar refractivity (Wildman–Crippen MR) is 108 cm³/mol. The fourth-order valence-corrected chi connectivity index (χ4v) is 3.16. The highest BCUT2D eigenvalue weighted by molar-refractivity contribution is 6.31. The minimum absolute atomic E-state index is 0.0229. The molecule has 3 rings (SSSR count). The number of carbonyl (C=O) groups excluding carboxylic acids is 1. The fraction of sp³-hybridized carbons (Fsp3) is 0.263. The number of hydrogen-bond acceptors (Lipinski definition) is 5. The second-order valence-electron chi connectivity index (χ2n) is 5.96. The minimum atomic E-state index is -0.290. The van der Waals surface area contributed by atoms with Crippen LogP contribution in [0.25, 0.3) is 0 Å². The van der Waals surface area contributed by atoms with Gasteiger partial charge in [0.1, 0.15) is 6.07 Å². The second-order valence-corrected chi connectivity index (χ2v) is 6.84. The molecule has 6 nitrogen and oxygen atoms in total. The van der Waals surface area contributed by atoms with E-state index in [1.165, 1.54) is 0 Å². The third-order valence-corrected chi connectivity index (χ3v) is 4.60. The Morgan fingerprint density at radius 2 is 1.78 bits per heavy atom. The zero-order chi connectivity index (χ0) is 19.2. The lowest BCUT2D eigenvalue weighted by atomic mass is 10.2. The average Bonchev–Trinajstić information content (AvgIpc) is 2.67. The maximum atomic E-state index is 12.3. The topological polar surface area (TPSA) is 77.4 Å². The van der Waals surface area contributed by atoms with Gasteiger partial charge in [0.25, 0.3) is 0 Å². The van der Waals surface area contributed by atoms with Gasteiger partial charge in [-0.2, -0.15) is 5.26 Å². The molecule has 1 fully saturated rings. The Balaban J connectivity index is 1.69. The molecular weight excluding hydrogens is 387 g/mol. The van der Waals surface area contributed by atoms with Gasteiger partial charge in [-0.3, -0.25) is 4.79 Å². The van der Waals surface area contributed by atoms with Crippen LogP contribution in [-0.2, 0) is 9.53 Å². The largest absolute Gasteiger partial charge is 0.378 e. The molecule has 1 saturated heterocycles. The van der Waals surface area contributed by atoms with Crippen LogP contribution in [0.1, 0.15) is 5.56 Å². The minimum Gasteiger partial charge on any atom is -0.378 e. The van der Waals surface area contributed by atoms with Crippen molar-refractivity contribution in [2.45, 2.75) is 0 Å². The lowest BCUT2D eigenvalue weighted by molar-refractivity contribution is -0.114. The van der Waals surface area contributed by atoms with E-state index in [1.807, 2.05) is 18.2 Å². The van der Waals surface area contributed by atoms with Gasteiger partial charge in [0, 0.05) is 23.1 Å². The number of hydrogen-bond donors (Lipinski definition) is 2. The molecule has 1 aliphatic heterocycles. The van der Waals surface area contributed by atoms with Crippen LogP contribution >= 0.6 is 23.2 Å². The van der Waals surface area contributed by atoms with Crippen LogP contribution in [0.4, 0.5) is 17.1 Å². The lowest BCUT2D eigenvalue weighted by Crippen LogP contribution is -2.36. The molecule has 8 heteroatoms. The van der Waals surface area contributed by atoms with E-state index < -0.39 is 0 Å². The molecule has 0 saturated carbocycles. The van der Waals surface area contributed by atoms with E-state index >= 15 is 0 Å². The zero-order valence-electron chi connectivity index (χ0n) is 14.5. The third kappa shape index (κ3) is 5.04. The summed E-state index contributed by atoms with van der Waals surface area (Å²) in [4.78, 5) is 14.5. The van der Waals surface area contributed by atoms with E-state index in [2.05, 4.69) is 15.5 Å². The molecule has 1 amide bonds. The SMILES string of the molecule is N#Cc1ccc(Cl)cc1NC(=O)CNc1cc(Cl)ccc1N1CCOCC1. The van der Waals surface area contributed by atoms with Gasteiger partial charge in [0.2, 0.25) is 5.91 Å². The molecule has 2 aromatic rings. The van der Waals surface area contributed by atoms with Crippen LogP contribution in [0.15, 0.2) is 36.4 Å². The number of amides is 1. The zero-order valence-corrected chi connectivity index (χ0v) is 16.0. The third-order valence-electron chi connectivity index (χ3n) is 4.13. The maximum Gasteiger partial charge on any atom is 0.243 e. The Bertz CT molecular complexity index is 876. The first-order valence-electron chi connectivity index (χ1n) is 8.42. The number of nitrogens with zero attached hydrogens (tertiary/aromatic N) is 2. The van der Waals surface area contributed by atoms with Gasteiger partial charge in [-0.05, 0) is 36.4 Å². The molecule has 0 aromatic heterocycles. The first-order chi connectivity index (χ1) is 13.1. The van der Waals surface area contributed by atoms with Crippen molar-refractivity contribution in [2.75, 3.05) is 48.4 Å². The van der Waals surface area contributed by atoms with Crippen molar-refractivity contribution in [1.29, 1.82) is 5.26 Å². The number of nitrogens with one attached hydrogen (secondary N) is 2. The normalized spacial score (nSPS) is 13.7. The van der Waals surface area contributed by atoms with E-state index in [0.29, 0.717) is 34.5 Å². The summed E-state index contributed by atoms with van der Waals surface area (Å²) in [5.41, 5.74) is 2.47. The van der Waals surface area contributed by atoms with Crippen LogP contribution < -0.4 is 15.5 Å². The Labute approximate surface area is 167 Å². The van der Waals surface area contributed by atoms with Gasteiger partial charge < -0.3 is 20.3 Å². The van der Waals surface area contributed by atoms with Gasteiger partial charge in [0.05, 0.1) is 42.4 Å². The molecule has 1 heterocycles. The number of rotatable bonds is 5. The van der Waals surface area contributed by atoms with E-state index in [9.17, 15) is 4.79 Å². The van der Waals surface area contributed by atoms with Crippen molar-refractivity contribution in [2.24, 2.45) is 0 Å². The monoisotopic (exact) mass is 404 g/mol. The molecule has 0 spiro atoms. The number of ether oxygens (including phenoxy) is 1. The Kier molecular flexibility index (Phi) is 6.40. The fourth-order valence-electron chi connectivity index (χ4n) is 2.82. The Morgan fingerprint density at radius 1 is 1.11 bits per heavy atom. The molecule has 0 radical (unpaired) electrons. The molecular formula is C19H18Cl2N4O2. The average molecular weight is 405 g/mol. The summed E-state index contributed by atoms with van der Waals surface area (Å²) in [6.07, 6.45) is 0. The molecule has 0 bridgehead atoms. The summed E-state index contributed by atoms with van der Waals surface area (Å²) in [5.74, 6) is -0.290. The summed E-state index contributed by atoms with van der Waals surface area (Å²) in [7, 11) is 0. The molecule has 2 aromatic carbocycles. The smallest absolute Gasteiger partial charge is 0.243 e. The summed E-state index contributed by atoms with van der Waals surface area (Å²) in [6.45, 7) is 2.89. The lowest BCUT2D eigenvalue weighted by Gasteiger charge is -2.30. The van der Waals surface area contributed by atoms with Crippen molar-refractivity contribution in [3.8, 4) is 6.07 Å². The summed E-state index contributed by atoms with van der Waals surface area (Å²) >= 11 is 12.1. The van der Waals surface area contributed by atoms with Crippen molar-refractivity contribution < 1.29 is 9.53 Å². The molecule has 0 atom stereocenters. The first kappa shape index (κ1) is 19.3. The molecule has 27 heavy (non-hydrogen) atoms. The van der Waals surface area contributed by atoms with Crippen LogP contribution in [0.3, 0.4) is 0 Å². The number of anilines is 3. The summed E-state index contributed by atoms with van der Waals surface area (Å²) in [6, 6.07) is 12.3. The number of nitriles is 1. The standard InChI is InChI=1S/C19H18Cl2N4O2/c20-14-2-1-13(11-22)16(9-14)24-19(26)12-23-17-10-15(21)3-4-18(17)25-5-7-27-8-6-25/h1-4,9-10,23H,5-8,12H2,(H,24,26). The maximum absolute atomic E-state index is 12.3. The summed E-state index contributed by atoms with van der Waals surface area (Å²) < 4.78 is 5.39. The molecule has 140 valence electrons. The number of benzene rings is 2. The Hall–Kier alpha value is -2.46. The predicted octanol–water partition coefficient (Wildman–Crippen LogP) is 3.75. The summed E-state index contributed by atoms with van der Waals surface area (Å²) in [5, 5.41) is 16.0. The number of halogens is 2. The number of carbonyl (C=O) groups is 1. The van der Waals surface area contributed by atoms with Crippen LogP contribution in [0, 0.1) is 11.3 Å². The molecule has 1 aliphatic rings. The van der Waals surface area contributed by atoms with Gasteiger partial charge in [-0.25, -0.2) is 0 Å². The van der Waals surface area contributed by atoms with E-state index in [-0.39, 0.29) is 12.5 Å². The van der Waals surface area contributed by atoms with Gasteiger partial charge >= 0.3 is 0 Å². The van der Waals surface area contributed by atoms with Gasteiger partial charge in [-0.15, -0.1) is 0 Å². The van der Waals surface area contributed by atoms with Crippen LogP contribution in [0.2, 0.25) is 10.0 Å². The van der Waals surface area contributed by atoms with Crippen LogP contribution in [-0.4, -0.2) is 38.8 Å². The quantitative estimate of drug-likeness (QED) is 0.793. The Morgan fingerprint density at radius 3 is 2.48 bits per heavy atom. The van der Waals surface area contributed by atoms with E-state index in [4.69, 9.17) is 33.2 Å². The van der Waals surface area contributed by atoms with Gasteiger partial charge in [-0.1, -0.05) is 23.2 Å². The molecule has 0 unspecified atom stereocenters. The van der Waals surface area contributed by atoms with Crippen molar-refractivity contribution in [3.05, 3.63) is 52.0 Å². The molecule has 0 aliphatic carbocycles. The van der Waals surface area contributed by atoms with Crippen LogP contribution in [0.5, 0.6) is 0 Å². The second kappa shape index (κ2) is 8.96. The van der Waals surface area contributed by atoms with E-state index in [0.717, 1.165) is 24.5 Å². The number of morpholine rings is 1. The van der Waals surface area contributed by atoms with Crippen molar-refractivity contribution in [3.63, 3.8) is 0 Å². The van der Waals surface area contributed by atoms with E-state index in [1.54, 1.807) is 24.3 Å². The van der Waals surface area contributed by atoms with Crippen molar-refractivity contribution in [1.82, 2.24) is 0 Å². The molecule has 2 N–H and O–H groups in total. The van der Waals surface area contributed by atoms with Gasteiger partial charge in [0.15, 0.2) is 0 Å². The highest BCUT2D eigenvalue weighted by atomic mass is 35.5. The first-order valence-corrected chi connectivity index (χ1v) is 9.18.